The first-order valence-electron chi connectivity index (χ1n) is 10.1. The van der Waals surface area contributed by atoms with Crippen LogP contribution < -0.4 is 24.4 Å². The zero-order valence-electron chi connectivity index (χ0n) is 19.1. The summed E-state index contributed by atoms with van der Waals surface area (Å²) in [6, 6.07) is 8.00. The van der Waals surface area contributed by atoms with Crippen molar-refractivity contribution in [2.45, 2.75) is 20.3 Å². The Morgan fingerprint density at radius 1 is 1.09 bits per heavy atom. The monoisotopic (exact) mass is 451 g/mol. The topological polar surface area (TPSA) is 111 Å². The lowest BCUT2D eigenvalue weighted by Crippen LogP contribution is -2.11. The van der Waals surface area contributed by atoms with Crippen molar-refractivity contribution in [1.82, 2.24) is 0 Å². The molecular weight excluding hydrogens is 426 g/mol. The number of hydrogen-bond donors (Lipinski definition) is 1. The molecule has 1 heterocycles. The molecule has 8 heteroatoms. The third-order valence-corrected chi connectivity index (χ3v) is 4.99. The summed E-state index contributed by atoms with van der Waals surface area (Å²) < 4.78 is 27.8. The molecule has 33 heavy (non-hydrogen) atoms. The molecule has 0 amide bonds. The van der Waals surface area contributed by atoms with Crippen LogP contribution in [0.5, 0.6) is 28.7 Å². The van der Waals surface area contributed by atoms with E-state index in [0.717, 1.165) is 5.57 Å². The van der Waals surface area contributed by atoms with Crippen LogP contribution in [0, 0.1) is 11.3 Å². The van der Waals surface area contributed by atoms with Gasteiger partial charge in [-0.15, -0.1) is 0 Å². The van der Waals surface area contributed by atoms with Gasteiger partial charge in [0.05, 0.1) is 21.3 Å². The fraction of sp³-hybridized carbons (Fsp3) is 0.280. The highest BCUT2D eigenvalue weighted by Crippen LogP contribution is 2.42. The summed E-state index contributed by atoms with van der Waals surface area (Å²) >= 11 is 0. The lowest BCUT2D eigenvalue weighted by atomic mass is 10.00. The molecule has 0 aliphatic heterocycles. The maximum atomic E-state index is 13.5. The van der Waals surface area contributed by atoms with E-state index in [4.69, 9.17) is 28.6 Å². The van der Waals surface area contributed by atoms with Crippen molar-refractivity contribution < 1.29 is 28.5 Å². The molecule has 1 aromatic heterocycles. The Kier molecular flexibility index (Phi) is 7.13. The minimum atomic E-state index is -0.373. The molecule has 0 atom stereocenters. The number of phenolic OH excluding ortho intramolecular Hbond substituents is 1. The van der Waals surface area contributed by atoms with E-state index in [1.807, 2.05) is 26.0 Å². The number of hydrogen-bond acceptors (Lipinski definition) is 8. The number of phenols is 1. The Labute approximate surface area is 191 Å². The molecule has 1 N–H and O–H groups in total. The molecule has 0 saturated carbocycles. The van der Waals surface area contributed by atoms with E-state index in [0.29, 0.717) is 40.6 Å². The summed E-state index contributed by atoms with van der Waals surface area (Å²) in [4.78, 5) is 13.5. The van der Waals surface area contributed by atoms with Gasteiger partial charge in [0.1, 0.15) is 34.3 Å². The Hall–Kier alpha value is -4.12. The fourth-order valence-electron chi connectivity index (χ4n) is 3.45. The van der Waals surface area contributed by atoms with Gasteiger partial charge in [-0.2, -0.15) is 5.26 Å². The van der Waals surface area contributed by atoms with Gasteiger partial charge in [0.25, 0.3) is 0 Å². The minimum Gasteiger partial charge on any atom is -0.507 e. The van der Waals surface area contributed by atoms with Crippen LogP contribution in [-0.2, 0) is 6.42 Å². The number of fused-ring (bicyclic) bond motifs is 1. The van der Waals surface area contributed by atoms with E-state index in [-0.39, 0.29) is 34.5 Å². The highest BCUT2D eigenvalue weighted by Gasteiger charge is 2.22. The highest BCUT2D eigenvalue weighted by molar-refractivity contribution is 5.87. The van der Waals surface area contributed by atoms with Gasteiger partial charge in [-0.05, 0) is 32.4 Å². The predicted octanol–water partition coefficient (Wildman–Crippen LogP) is 4.60. The van der Waals surface area contributed by atoms with Crippen LogP contribution in [0.25, 0.3) is 22.3 Å². The normalized spacial score (nSPS) is 10.4. The summed E-state index contributed by atoms with van der Waals surface area (Å²) in [5, 5.41) is 19.3. The summed E-state index contributed by atoms with van der Waals surface area (Å²) in [6.45, 7) is 3.64. The number of allylic oxidation sites excluding steroid dienone is 2. The summed E-state index contributed by atoms with van der Waals surface area (Å²) in [6.07, 6.45) is 2.19. The number of aromatic hydroxyl groups is 1. The van der Waals surface area contributed by atoms with E-state index in [2.05, 4.69) is 0 Å². The second-order valence-corrected chi connectivity index (χ2v) is 7.40. The lowest BCUT2D eigenvalue weighted by molar-refractivity contribution is 0.324. The molecule has 0 radical (unpaired) electrons. The third kappa shape index (κ3) is 4.72. The van der Waals surface area contributed by atoms with Crippen molar-refractivity contribution >= 4 is 11.0 Å². The molecule has 0 spiro atoms. The van der Waals surface area contributed by atoms with E-state index in [1.165, 1.54) is 33.5 Å². The van der Waals surface area contributed by atoms with Crippen molar-refractivity contribution in [2.75, 3.05) is 27.9 Å². The average Bonchev–Trinajstić information content (AvgIpc) is 2.80. The van der Waals surface area contributed by atoms with Gasteiger partial charge in [0.2, 0.25) is 11.2 Å². The first-order valence-corrected chi connectivity index (χ1v) is 10.1. The van der Waals surface area contributed by atoms with Gasteiger partial charge in [-0.1, -0.05) is 11.6 Å². The van der Waals surface area contributed by atoms with E-state index >= 15 is 0 Å². The standard InChI is InChI=1S/C25H25NO7/c1-14(2)6-7-17-23(28)22-18(27)12-16(32-9-8-26)13-19(22)33-24(17)15-10-20(29-3)25(31-5)21(11-15)30-4/h6,10-13,27H,7,9H2,1-5H3. The van der Waals surface area contributed by atoms with Gasteiger partial charge in [0, 0.05) is 23.3 Å². The molecule has 0 aliphatic rings. The number of nitriles is 1. The van der Waals surface area contributed by atoms with Crippen molar-refractivity contribution in [3.63, 3.8) is 0 Å². The maximum absolute atomic E-state index is 13.5. The quantitative estimate of drug-likeness (QED) is 0.495. The zero-order valence-corrected chi connectivity index (χ0v) is 19.1. The molecular formula is C25H25NO7. The van der Waals surface area contributed by atoms with Crippen LogP contribution in [-0.4, -0.2) is 33.0 Å². The Morgan fingerprint density at radius 2 is 1.76 bits per heavy atom. The minimum absolute atomic E-state index is 0.0349. The predicted molar refractivity (Wildman–Crippen MR) is 123 cm³/mol. The second kappa shape index (κ2) is 10.0. The van der Waals surface area contributed by atoms with Crippen molar-refractivity contribution in [3.8, 4) is 46.1 Å². The molecule has 0 bridgehead atoms. The molecule has 8 nitrogen and oxygen atoms in total. The van der Waals surface area contributed by atoms with Crippen LogP contribution in [0.3, 0.4) is 0 Å². The maximum Gasteiger partial charge on any atom is 0.203 e. The number of ether oxygens (including phenoxy) is 4. The largest absolute Gasteiger partial charge is 0.507 e. The molecule has 172 valence electrons. The van der Waals surface area contributed by atoms with Gasteiger partial charge in [-0.25, -0.2) is 0 Å². The summed E-state index contributed by atoms with van der Waals surface area (Å²) in [5.74, 6) is 1.42. The van der Waals surface area contributed by atoms with Crippen molar-refractivity contribution in [2.24, 2.45) is 0 Å². The number of benzene rings is 2. The van der Waals surface area contributed by atoms with Crippen LogP contribution in [0.4, 0.5) is 0 Å². The van der Waals surface area contributed by atoms with Gasteiger partial charge in [0.15, 0.2) is 18.1 Å². The molecule has 3 aromatic rings. The van der Waals surface area contributed by atoms with Crippen molar-refractivity contribution in [1.29, 1.82) is 5.26 Å². The summed E-state index contributed by atoms with van der Waals surface area (Å²) in [5.41, 5.74) is 1.66. The first kappa shape index (κ1) is 23.5. The Bertz CT molecular complexity index is 1290. The second-order valence-electron chi connectivity index (χ2n) is 7.40. The van der Waals surface area contributed by atoms with E-state index in [1.54, 1.807) is 12.1 Å². The average molecular weight is 451 g/mol. The van der Waals surface area contributed by atoms with Gasteiger partial charge < -0.3 is 28.5 Å². The summed E-state index contributed by atoms with van der Waals surface area (Å²) in [7, 11) is 4.50. The Balaban J connectivity index is 2.37. The fourth-order valence-corrected chi connectivity index (χ4v) is 3.45. The molecule has 2 aromatic carbocycles. The SMILES string of the molecule is COc1cc(-c2oc3cc(OCC#N)cc(O)c3c(=O)c2CC=C(C)C)cc(OC)c1OC. The van der Waals surface area contributed by atoms with Crippen LogP contribution in [0.2, 0.25) is 0 Å². The molecule has 0 unspecified atom stereocenters. The van der Waals surface area contributed by atoms with E-state index in [9.17, 15) is 9.90 Å². The van der Waals surface area contributed by atoms with E-state index < -0.39 is 0 Å². The van der Waals surface area contributed by atoms with Crippen LogP contribution >= 0.6 is 0 Å². The van der Waals surface area contributed by atoms with Crippen LogP contribution in [0.1, 0.15) is 19.4 Å². The van der Waals surface area contributed by atoms with Gasteiger partial charge in [-0.3, -0.25) is 4.79 Å². The van der Waals surface area contributed by atoms with Crippen LogP contribution in [0.15, 0.2) is 45.1 Å². The highest BCUT2D eigenvalue weighted by atomic mass is 16.5. The zero-order chi connectivity index (χ0) is 24.1. The molecule has 0 aliphatic carbocycles. The van der Waals surface area contributed by atoms with Crippen molar-refractivity contribution in [3.05, 3.63) is 51.7 Å². The third-order valence-electron chi connectivity index (χ3n) is 4.99. The van der Waals surface area contributed by atoms with Gasteiger partial charge >= 0.3 is 0 Å². The number of rotatable bonds is 8. The molecule has 3 rings (SSSR count). The lowest BCUT2D eigenvalue weighted by Gasteiger charge is -2.16. The first-order chi connectivity index (χ1) is 15.8. The number of nitrogens with zero attached hydrogens (tertiary/aromatic N) is 1. The smallest absolute Gasteiger partial charge is 0.203 e. The molecule has 0 fully saturated rings. The number of methoxy groups -OCH3 is 3. The molecule has 0 saturated heterocycles. The Morgan fingerprint density at radius 3 is 2.30 bits per heavy atom.